The number of aliphatic hydroxyl groups is 1. The van der Waals surface area contributed by atoms with Crippen molar-refractivity contribution in [3.05, 3.63) is 81.4 Å². The molecule has 0 fully saturated rings. The summed E-state index contributed by atoms with van der Waals surface area (Å²) in [6.07, 6.45) is 1.51. The molecule has 0 saturated heterocycles. The molecule has 40 heavy (non-hydrogen) atoms. The minimum atomic E-state index is -1.40. The number of hydrogen-bond donors (Lipinski definition) is 2. The summed E-state index contributed by atoms with van der Waals surface area (Å²) in [5.74, 6) is 0.475. The van der Waals surface area contributed by atoms with Crippen molar-refractivity contribution in [3.8, 4) is 22.5 Å². The van der Waals surface area contributed by atoms with Gasteiger partial charge in [-0.05, 0) is 42.2 Å². The van der Waals surface area contributed by atoms with Gasteiger partial charge in [0.2, 0.25) is 5.82 Å². The lowest BCUT2D eigenvalue weighted by Gasteiger charge is -2.18. The summed E-state index contributed by atoms with van der Waals surface area (Å²) >= 11 is 0. The van der Waals surface area contributed by atoms with Gasteiger partial charge in [0.25, 0.3) is 5.09 Å². The SMILES string of the molecule is CCCc1nc(C(C)(C)O)c(C(=O)OCCCO[N+](=O)[O-])n1Cc1ccc(-c2ccccc2-c2nn[nH]n2)cc1. The van der Waals surface area contributed by atoms with Crippen molar-refractivity contribution in [3.63, 3.8) is 0 Å². The number of ether oxygens (including phenoxy) is 1. The van der Waals surface area contributed by atoms with Gasteiger partial charge in [0.1, 0.15) is 17.1 Å². The van der Waals surface area contributed by atoms with Gasteiger partial charge in [-0.1, -0.05) is 55.5 Å². The molecule has 2 N–H and O–H groups in total. The summed E-state index contributed by atoms with van der Waals surface area (Å²) in [6, 6.07) is 15.6. The van der Waals surface area contributed by atoms with Crippen LogP contribution < -0.4 is 0 Å². The van der Waals surface area contributed by atoms with Crippen molar-refractivity contribution in [1.82, 2.24) is 30.2 Å². The lowest BCUT2D eigenvalue weighted by atomic mass is 9.98. The molecule has 0 amide bonds. The van der Waals surface area contributed by atoms with E-state index in [1.807, 2.05) is 55.5 Å². The normalized spacial score (nSPS) is 11.4. The van der Waals surface area contributed by atoms with Crippen LogP contribution in [0.1, 0.15) is 61.2 Å². The van der Waals surface area contributed by atoms with Crippen molar-refractivity contribution in [2.24, 2.45) is 0 Å². The number of aromatic nitrogens is 6. The van der Waals surface area contributed by atoms with Gasteiger partial charge in [0.15, 0.2) is 5.69 Å². The van der Waals surface area contributed by atoms with Gasteiger partial charge in [-0.3, -0.25) is 0 Å². The summed E-state index contributed by atoms with van der Waals surface area (Å²) < 4.78 is 7.18. The number of aromatic amines is 1. The number of H-pyrrole nitrogens is 1. The van der Waals surface area contributed by atoms with E-state index in [9.17, 15) is 20.0 Å². The fourth-order valence-electron chi connectivity index (χ4n) is 4.33. The number of nitrogens with zero attached hydrogens (tertiary/aromatic N) is 6. The monoisotopic (exact) mass is 549 g/mol. The van der Waals surface area contributed by atoms with Gasteiger partial charge in [-0.25, -0.2) is 9.78 Å². The highest BCUT2D eigenvalue weighted by Gasteiger charge is 2.32. The minimum Gasteiger partial charge on any atom is -0.461 e. The Morgan fingerprint density at radius 3 is 2.48 bits per heavy atom. The molecule has 0 aliphatic heterocycles. The number of benzene rings is 2. The van der Waals surface area contributed by atoms with Crippen LogP contribution in [0.15, 0.2) is 48.5 Å². The van der Waals surface area contributed by atoms with Crippen molar-refractivity contribution >= 4 is 5.97 Å². The maximum atomic E-state index is 13.2. The Morgan fingerprint density at radius 1 is 1.12 bits per heavy atom. The fourth-order valence-corrected chi connectivity index (χ4v) is 4.33. The van der Waals surface area contributed by atoms with E-state index >= 15 is 0 Å². The third-order valence-electron chi connectivity index (χ3n) is 6.13. The average molecular weight is 550 g/mol. The number of carbonyl (C=O) groups is 1. The van der Waals surface area contributed by atoms with Crippen molar-refractivity contribution in [2.75, 3.05) is 13.2 Å². The van der Waals surface area contributed by atoms with E-state index in [4.69, 9.17) is 4.74 Å². The van der Waals surface area contributed by atoms with E-state index in [-0.39, 0.29) is 31.0 Å². The Kier molecular flexibility index (Phi) is 8.84. The third-order valence-corrected chi connectivity index (χ3v) is 6.13. The molecular weight excluding hydrogens is 518 g/mol. The van der Waals surface area contributed by atoms with Crippen LogP contribution in [0, 0.1) is 10.1 Å². The fraction of sp³-hybridized carbons (Fsp3) is 0.370. The molecule has 2 heterocycles. The summed E-state index contributed by atoms with van der Waals surface area (Å²) in [7, 11) is 0. The number of rotatable bonds is 13. The third kappa shape index (κ3) is 6.67. The largest absolute Gasteiger partial charge is 0.461 e. The second-order valence-corrected chi connectivity index (χ2v) is 9.64. The number of esters is 1. The van der Waals surface area contributed by atoms with E-state index in [2.05, 4.69) is 30.4 Å². The first kappa shape index (κ1) is 28.4. The number of tetrazole rings is 1. The molecule has 0 unspecified atom stereocenters. The number of imidazole rings is 1. The molecule has 0 bridgehead atoms. The molecule has 13 nitrogen and oxygen atoms in total. The van der Waals surface area contributed by atoms with Crippen LogP contribution >= 0.6 is 0 Å². The highest BCUT2D eigenvalue weighted by Crippen LogP contribution is 2.31. The van der Waals surface area contributed by atoms with E-state index in [0.29, 0.717) is 24.6 Å². The molecule has 2 aromatic carbocycles. The van der Waals surface area contributed by atoms with E-state index in [1.54, 1.807) is 18.4 Å². The van der Waals surface area contributed by atoms with Gasteiger partial charge >= 0.3 is 5.97 Å². The van der Waals surface area contributed by atoms with E-state index in [0.717, 1.165) is 28.7 Å². The van der Waals surface area contributed by atoms with Crippen LogP contribution in [0.25, 0.3) is 22.5 Å². The number of hydrogen-bond acceptors (Lipinski definition) is 10. The Morgan fingerprint density at radius 2 is 1.85 bits per heavy atom. The molecule has 0 radical (unpaired) electrons. The maximum Gasteiger partial charge on any atom is 0.357 e. The standard InChI is InChI=1S/C27H31N7O6/c1-4-8-22-28-24(27(2,3)36)23(26(35)39-15-7-16-40-34(37)38)33(22)17-18-11-13-19(14-12-18)20-9-5-6-10-21(20)25-29-31-32-30-25/h5-6,9-14,36H,4,7-8,15-17H2,1-3H3,(H,29,30,31,32). The molecule has 4 rings (SSSR count). The first-order valence-corrected chi connectivity index (χ1v) is 12.9. The second-order valence-electron chi connectivity index (χ2n) is 9.64. The molecule has 4 aromatic rings. The van der Waals surface area contributed by atoms with Gasteiger partial charge in [0, 0.05) is 24.9 Å². The summed E-state index contributed by atoms with van der Waals surface area (Å²) in [5, 5.41) is 34.6. The zero-order valence-electron chi connectivity index (χ0n) is 22.5. The lowest BCUT2D eigenvalue weighted by Crippen LogP contribution is -2.24. The first-order valence-electron chi connectivity index (χ1n) is 12.9. The maximum absolute atomic E-state index is 13.2. The van der Waals surface area contributed by atoms with Crippen LogP contribution in [0.5, 0.6) is 0 Å². The molecule has 2 aromatic heterocycles. The summed E-state index contributed by atoms with van der Waals surface area (Å²) in [5.41, 5.74) is 2.61. The quantitative estimate of drug-likeness (QED) is 0.108. The zero-order chi connectivity index (χ0) is 28.7. The lowest BCUT2D eigenvalue weighted by molar-refractivity contribution is -0.757. The Hall–Kier alpha value is -4.65. The van der Waals surface area contributed by atoms with E-state index < -0.39 is 16.7 Å². The van der Waals surface area contributed by atoms with Gasteiger partial charge in [-0.15, -0.1) is 20.3 Å². The first-order chi connectivity index (χ1) is 19.2. The molecule has 0 saturated carbocycles. The van der Waals surface area contributed by atoms with Crippen LogP contribution in [0.2, 0.25) is 0 Å². The minimum absolute atomic E-state index is 0.0826. The number of carbonyl (C=O) groups excluding carboxylic acids is 1. The summed E-state index contributed by atoms with van der Waals surface area (Å²) in [6.45, 7) is 5.17. The Labute approximate surface area is 230 Å². The smallest absolute Gasteiger partial charge is 0.357 e. The molecular formula is C27H31N7O6. The molecule has 13 heteroatoms. The molecule has 0 spiro atoms. The second kappa shape index (κ2) is 12.5. The van der Waals surface area contributed by atoms with Gasteiger partial charge in [-0.2, -0.15) is 5.21 Å². The molecule has 0 aliphatic rings. The van der Waals surface area contributed by atoms with E-state index in [1.165, 1.54) is 0 Å². The molecule has 210 valence electrons. The average Bonchev–Trinajstić information content (AvgIpc) is 3.58. The Bertz CT molecular complexity index is 1440. The van der Waals surface area contributed by atoms with Gasteiger partial charge in [0.05, 0.1) is 13.2 Å². The van der Waals surface area contributed by atoms with Crippen LogP contribution in [0.4, 0.5) is 0 Å². The van der Waals surface area contributed by atoms with Gasteiger partial charge < -0.3 is 19.2 Å². The van der Waals surface area contributed by atoms with Crippen molar-refractivity contribution in [1.29, 1.82) is 0 Å². The van der Waals surface area contributed by atoms with Crippen molar-refractivity contribution in [2.45, 2.75) is 52.2 Å². The molecule has 0 atom stereocenters. The summed E-state index contributed by atoms with van der Waals surface area (Å²) in [4.78, 5) is 32.5. The highest BCUT2D eigenvalue weighted by atomic mass is 16.9. The topological polar surface area (TPSA) is 171 Å². The molecule has 0 aliphatic carbocycles. The highest BCUT2D eigenvalue weighted by molar-refractivity contribution is 5.89. The van der Waals surface area contributed by atoms with Crippen LogP contribution in [0.3, 0.4) is 0 Å². The Balaban J connectivity index is 1.63. The zero-order valence-corrected chi connectivity index (χ0v) is 22.5. The number of nitrogens with one attached hydrogen (secondary N) is 1. The van der Waals surface area contributed by atoms with Crippen molar-refractivity contribution < 1.29 is 24.6 Å². The van der Waals surface area contributed by atoms with Crippen LogP contribution in [-0.2, 0) is 28.1 Å². The number of aryl methyl sites for hydroxylation is 1. The predicted octanol–water partition coefficient (Wildman–Crippen LogP) is 3.71. The van der Waals surface area contributed by atoms with Crippen LogP contribution in [-0.4, -0.2) is 59.6 Å². The predicted molar refractivity (Wildman–Crippen MR) is 143 cm³/mol.